The second-order valence-electron chi connectivity index (χ2n) is 6.91. The summed E-state index contributed by atoms with van der Waals surface area (Å²) in [6, 6.07) is 16.7. The maximum atomic E-state index is 5.78. The van der Waals surface area contributed by atoms with Gasteiger partial charge in [0.15, 0.2) is 0 Å². The number of rotatable bonds is 11. The molecule has 1 heteroatoms. The maximum absolute atomic E-state index is 5.78. The van der Waals surface area contributed by atoms with Gasteiger partial charge in [0.1, 0.15) is 5.75 Å². The van der Waals surface area contributed by atoms with E-state index in [2.05, 4.69) is 49.6 Å². The lowest BCUT2D eigenvalue weighted by molar-refractivity contribution is 0.305. The van der Waals surface area contributed by atoms with Crippen LogP contribution in [0.2, 0.25) is 0 Å². The highest BCUT2D eigenvalue weighted by Crippen LogP contribution is 2.13. The van der Waals surface area contributed by atoms with Gasteiger partial charge < -0.3 is 4.74 Å². The highest BCUT2D eigenvalue weighted by atomic mass is 16.5. The molecule has 0 spiro atoms. The lowest BCUT2D eigenvalue weighted by Gasteiger charge is -2.05. The Kier molecular flexibility index (Phi) is 9.90. The molecule has 1 nitrogen and oxygen atoms in total. The van der Waals surface area contributed by atoms with Gasteiger partial charge in [0.2, 0.25) is 0 Å². The summed E-state index contributed by atoms with van der Waals surface area (Å²) in [5.74, 6) is 7.41. The third-order valence-corrected chi connectivity index (χ3v) is 4.55. The zero-order valence-corrected chi connectivity index (χ0v) is 16.7. The second kappa shape index (κ2) is 12.8. The van der Waals surface area contributed by atoms with Crippen molar-refractivity contribution in [2.75, 3.05) is 6.61 Å². The number of ether oxygens (including phenoxy) is 1. The van der Waals surface area contributed by atoms with Gasteiger partial charge in [0, 0.05) is 11.1 Å². The number of aryl methyl sites for hydroxylation is 1. The number of hydrogen-bond donors (Lipinski definition) is 0. The SMILES string of the molecule is C=CCCCCc1ccc(C#Cc2ccc(OCCCCCC)cc2)cc1. The van der Waals surface area contributed by atoms with Gasteiger partial charge in [0.05, 0.1) is 6.61 Å². The molecule has 0 aliphatic heterocycles. The van der Waals surface area contributed by atoms with Crippen LogP contribution >= 0.6 is 0 Å². The molecule has 0 aromatic heterocycles. The fourth-order valence-electron chi connectivity index (χ4n) is 2.87. The molecule has 2 aromatic rings. The Morgan fingerprint density at radius 1 is 0.815 bits per heavy atom. The van der Waals surface area contributed by atoms with E-state index in [-0.39, 0.29) is 0 Å². The van der Waals surface area contributed by atoms with Crippen LogP contribution in [0.1, 0.15) is 68.6 Å². The van der Waals surface area contributed by atoms with E-state index in [0.717, 1.165) is 42.7 Å². The van der Waals surface area contributed by atoms with E-state index in [0.29, 0.717) is 0 Å². The summed E-state index contributed by atoms with van der Waals surface area (Å²) >= 11 is 0. The van der Waals surface area contributed by atoms with E-state index in [1.807, 2.05) is 30.3 Å². The monoisotopic (exact) mass is 360 g/mol. The van der Waals surface area contributed by atoms with E-state index in [9.17, 15) is 0 Å². The molecule has 27 heavy (non-hydrogen) atoms. The molecule has 0 unspecified atom stereocenters. The summed E-state index contributed by atoms with van der Waals surface area (Å²) in [6.07, 6.45) is 11.6. The number of benzene rings is 2. The third kappa shape index (κ3) is 8.65. The summed E-state index contributed by atoms with van der Waals surface area (Å²) in [6.45, 7) is 6.79. The molecule has 0 saturated carbocycles. The van der Waals surface area contributed by atoms with E-state index in [1.165, 1.54) is 37.7 Å². The lowest BCUT2D eigenvalue weighted by atomic mass is 10.1. The average molecular weight is 361 g/mol. The van der Waals surface area contributed by atoms with Crippen LogP contribution in [-0.4, -0.2) is 6.61 Å². The molecule has 0 N–H and O–H groups in total. The normalized spacial score (nSPS) is 10.1. The average Bonchev–Trinajstić information content (AvgIpc) is 2.71. The fourth-order valence-corrected chi connectivity index (χ4v) is 2.87. The Labute approximate surface area is 165 Å². The Morgan fingerprint density at radius 2 is 1.48 bits per heavy atom. The molecule has 0 saturated heterocycles. The maximum Gasteiger partial charge on any atom is 0.119 e. The van der Waals surface area contributed by atoms with Crippen LogP contribution in [0.15, 0.2) is 61.2 Å². The van der Waals surface area contributed by atoms with Gasteiger partial charge >= 0.3 is 0 Å². The van der Waals surface area contributed by atoms with Gasteiger partial charge in [-0.05, 0) is 74.1 Å². The van der Waals surface area contributed by atoms with Crippen LogP contribution in [0.3, 0.4) is 0 Å². The topological polar surface area (TPSA) is 9.23 Å². The van der Waals surface area contributed by atoms with E-state index < -0.39 is 0 Å². The first kappa shape index (κ1) is 20.8. The minimum atomic E-state index is 0.797. The highest BCUT2D eigenvalue weighted by Gasteiger charge is 1.96. The Balaban J connectivity index is 1.79. The van der Waals surface area contributed by atoms with Gasteiger partial charge in [-0.3, -0.25) is 0 Å². The van der Waals surface area contributed by atoms with Crippen molar-refractivity contribution >= 4 is 0 Å². The lowest BCUT2D eigenvalue weighted by Crippen LogP contribution is -1.96. The summed E-state index contributed by atoms with van der Waals surface area (Å²) < 4.78 is 5.78. The standard InChI is InChI=1S/C26H32O/c1-3-5-7-9-11-23-12-14-24(15-13-23)16-17-25-18-20-26(21-19-25)27-22-10-8-6-4-2/h3,12-15,18-21H,1,4-11,22H2,2H3. The largest absolute Gasteiger partial charge is 0.494 e. The number of allylic oxidation sites excluding steroid dienone is 1. The third-order valence-electron chi connectivity index (χ3n) is 4.55. The summed E-state index contributed by atoms with van der Waals surface area (Å²) in [5.41, 5.74) is 3.45. The Hall–Kier alpha value is -2.46. The first-order chi connectivity index (χ1) is 13.3. The minimum absolute atomic E-state index is 0.797. The summed E-state index contributed by atoms with van der Waals surface area (Å²) in [4.78, 5) is 0. The van der Waals surface area contributed by atoms with E-state index in [4.69, 9.17) is 4.74 Å². The Morgan fingerprint density at radius 3 is 2.11 bits per heavy atom. The fraction of sp³-hybridized carbons (Fsp3) is 0.385. The zero-order chi connectivity index (χ0) is 19.2. The summed E-state index contributed by atoms with van der Waals surface area (Å²) in [7, 11) is 0. The summed E-state index contributed by atoms with van der Waals surface area (Å²) in [5, 5.41) is 0. The molecule has 0 bridgehead atoms. The molecule has 0 heterocycles. The molecule has 0 fully saturated rings. The highest BCUT2D eigenvalue weighted by molar-refractivity contribution is 5.44. The predicted octanol–water partition coefficient (Wildman–Crippen LogP) is 6.94. The second-order valence-corrected chi connectivity index (χ2v) is 6.91. The van der Waals surface area contributed by atoms with Crippen LogP contribution in [-0.2, 0) is 6.42 Å². The molecule has 0 amide bonds. The van der Waals surface area contributed by atoms with Gasteiger partial charge in [-0.1, -0.05) is 56.2 Å². The van der Waals surface area contributed by atoms with Crippen LogP contribution < -0.4 is 4.74 Å². The van der Waals surface area contributed by atoms with Crippen molar-refractivity contribution in [2.45, 2.75) is 58.3 Å². The van der Waals surface area contributed by atoms with Crippen LogP contribution in [0.25, 0.3) is 0 Å². The molecule has 0 aliphatic rings. The van der Waals surface area contributed by atoms with Crippen molar-refractivity contribution in [1.29, 1.82) is 0 Å². The minimum Gasteiger partial charge on any atom is -0.494 e. The Bertz CT molecular complexity index is 714. The van der Waals surface area contributed by atoms with Crippen molar-refractivity contribution in [1.82, 2.24) is 0 Å². The van der Waals surface area contributed by atoms with Gasteiger partial charge in [0.25, 0.3) is 0 Å². The molecule has 0 atom stereocenters. The van der Waals surface area contributed by atoms with Gasteiger partial charge in [-0.2, -0.15) is 0 Å². The quantitative estimate of drug-likeness (QED) is 0.239. The van der Waals surface area contributed by atoms with Crippen molar-refractivity contribution in [3.8, 4) is 17.6 Å². The smallest absolute Gasteiger partial charge is 0.119 e. The van der Waals surface area contributed by atoms with Crippen LogP contribution in [0.4, 0.5) is 0 Å². The molecule has 0 aliphatic carbocycles. The number of hydrogen-bond acceptors (Lipinski definition) is 1. The molecular formula is C26H32O. The zero-order valence-electron chi connectivity index (χ0n) is 16.7. The predicted molar refractivity (Wildman–Crippen MR) is 116 cm³/mol. The molecule has 0 radical (unpaired) electrons. The molecule has 2 rings (SSSR count). The first-order valence-electron chi connectivity index (χ1n) is 10.3. The van der Waals surface area contributed by atoms with Crippen molar-refractivity contribution in [3.05, 3.63) is 77.9 Å². The first-order valence-corrected chi connectivity index (χ1v) is 10.3. The van der Waals surface area contributed by atoms with Gasteiger partial charge in [-0.25, -0.2) is 0 Å². The van der Waals surface area contributed by atoms with Crippen LogP contribution in [0.5, 0.6) is 5.75 Å². The van der Waals surface area contributed by atoms with Crippen LogP contribution in [0, 0.1) is 11.8 Å². The van der Waals surface area contributed by atoms with Crippen molar-refractivity contribution in [2.24, 2.45) is 0 Å². The molecule has 2 aromatic carbocycles. The van der Waals surface area contributed by atoms with Gasteiger partial charge in [-0.15, -0.1) is 6.58 Å². The van der Waals surface area contributed by atoms with Crippen molar-refractivity contribution in [3.63, 3.8) is 0 Å². The van der Waals surface area contributed by atoms with Crippen molar-refractivity contribution < 1.29 is 4.74 Å². The molecule has 142 valence electrons. The molecular weight excluding hydrogens is 328 g/mol. The van der Waals surface area contributed by atoms with E-state index >= 15 is 0 Å². The number of unbranched alkanes of at least 4 members (excludes halogenated alkanes) is 5. The van der Waals surface area contributed by atoms with E-state index in [1.54, 1.807) is 0 Å².